The Hall–Kier alpha value is -1.59. The maximum absolute atomic E-state index is 11.9. The molecule has 0 unspecified atom stereocenters. The lowest BCUT2D eigenvalue weighted by atomic mass is 9.98. The zero-order valence-corrected chi connectivity index (χ0v) is 15.0. The first kappa shape index (κ1) is 18.7. The summed E-state index contributed by atoms with van der Waals surface area (Å²) >= 11 is 0. The van der Waals surface area contributed by atoms with Crippen molar-refractivity contribution in [3.05, 3.63) is 29.3 Å². The molecule has 0 saturated carbocycles. The fourth-order valence-corrected chi connectivity index (χ4v) is 3.09. The van der Waals surface area contributed by atoms with Gasteiger partial charge in [-0.15, -0.1) is 0 Å². The molecule has 24 heavy (non-hydrogen) atoms. The Morgan fingerprint density at radius 2 is 2.21 bits per heavy atom. The average molecular weight is 335 g/mol. The molecule has 2 rings (SSSR count). The van der Waals surface area contributed by atoms with Crippen molar-refractivity contribution >= 4 is 5.97 Å². The van der Waals surface area contributed by atoms with Crippen molar-refractivity contribution in [2.45, 2.75) is 39.7 Å². The van der Waals surface area contributed by atoms with Gasteiger partial charge in [-0.3, -0.25) is 9.69 Å². The van der Waals surface area contributed by atoms with Crippen LogP contribution >= 0.6 is 0 Å². The topological polar surface area (TPSA) is 59.0 Å². The van der Waals surface area contributed by atoms with Crippen molar-refractivity contribution in [2.24, 2.45) is 5.92 Å². The predicted octanol–water partition coefficient (Wildman–Crippen LogP) is 2.32. The molecule has 2 atom stereocenters. The van der Waals surface area contributed by atoms with Crippen molar-refractivity contribution in [1.29, 1.82) is 0 Å². The average Bonchev–Trinajstić information content (AvgIpc) is 2.56. The Labute approximate surface area is 144 Å². The third-order valence-corrected chi connectivity index (χ3v) is 4.58. The Bertz CT molecular complexity index is 546. The molecule has 1 aliphatic rings. The number of carbonyl (C=O) groups is 1. The molecule has 1 aromatic rings. The molecule has 1 heterocycles. The van der Waals surface area contributed by atoms with Gasteiger partial charge >= 0.3 is 5.97 Å². The Morgan fingerprint density at radius 3 is 2.96 bits per heavy atom. The summed E-state index contributed by atoms with van der Waals surface area (Å²) in [6.45, 7) is 8.63. The highest BCUT2D eigenvalue weighted by Crippen LogP contribution is 2.21. The van der Waals surface area contributed by atoms with E-state index in [-0.39, 0.29) is 18.5 Å². The Balaban J connectivity index is 1.80. The molecular weight excluding hydrogens is 306 g/mol. The Kier molecular flexibility index (Phi) is 7.06. The van der Waals surface area contributed by atoms with E-state index in [0.29, 0.717) is 19.7 Å². The normalized spacial score (nSPS) is 19.8. The molecule has 1 N–H and O–H groups in total. The molecule has 0 spiro atoms. The van der Waals surface area contributed by atoms with Crippen LogP contribution in [0.25, 0.3) is 0 Å². The van der Waals surface area contributed by atoms with Crippen LogP contribution in [0.5, 0.6) is 5.75 Å². The van der Waals surface area contributed by atoms with Gasteiger partial charge in [-0.05, 0) is 57.4 Å². The number of esters is 1. The van der Waals surface area contributed by atoms with Crippen LogP contribution in [0.3, 0.4) is 0 Å². The molecule has 0 bridgehead atoms. The zero-order chi connectivity index (χ0) is 17.5. The SMILES string of the molecule is CCOC(=O)[C@@H]1CCCN(C[C@H](O)COc2cccc(C)c2C)C1. The first-order chi connectivity index (χ1) is 11.5. The van der Waals surface area contributed by atoms with Crippen LogP contribution < -0.4 is 4.74 Å². The molecule has 0 aromatic heterocycles. The number of β-amino-alcohol motifs (C(OH)–C–C–N with tert-alkyl or cyclic N) is 1. The van der Waals surface area contributed by atoms with Gasteiger partial charge in [0, 0.05) is 13.1 Å². The number of carbonyl (C=O) groups excluding carboxylic acids is 1. The number of piperidine rings is 1. The minimum absolute atomic E-state index is 0.0779. The molecule has 0 amide bonds. The predicted molar refractivity (Wildman–Crippen MR) is 93.2 cm³/mol. The van der Waals surface area contributed by atoms with Gasteiger partial charge < -0.3 is 14.6 Å². The summed E-state index contributed by atoms with van der Waals surface area (Å²) in [6.07, 6.45) is 1.24. The number of aliphatic hydroxyl groups is 1. The van der Waals surface area contributed by atoms with Gasteiger partial charge in [0.25, 0.3) is 0 Å². The molecule has 1 saturated heterocycles. The number of benzene rings is 1. The second-order valence-electron chi connectivity index (χ2n) is 6.51. The smallest absolute Gasteiger partial charge is 0.310 e. The first-order valence-electron chi connectivity index (χ1n) is 8.77. The van der Waals surface area contributed by atoms with Gasteiger partial charge in [-0.25, -0.2) is 0 Å². The molecule has 0 aliphatic carbocycles. The third-order valence-electron chi connectivity index (χ3n) is 4.58. The Morgan fingerprint density at radius 1 is 1.42 bits per heavy atom. The standard InChI is InChI=1S/C19H29NO4/c1-4-23-19(22)16-8-6-10-20(11-16)12-17(21)13-24-18-9-5-7-14(2)15(18)3/h5,7,9,16-17,21H,4,6,8,10-13H2,1-3H3/t16-,17+/m1/s1. The second-order valence-corrected chi connectivity index (χ2v) is 6.51. The van der Waals surface area contributed by atoms with E-state index >= 15 is 0 Å². The van der Waals surface area contributed by atoms with E-state index in [9.17, 15) is 9.90 Å². The summed E-state index contributed by atoms with van der Waals surface area (Å²) in [5, 5.41) is 10.3. The lowest BCUT2D eigenvalue weighted by Crippen LogP contribution is -2.44. The van der Waals surface area contributed by atoms with Crippen molar-refractivity contribution < 1.29 is 19.4 Å². The lowest BCUT2D eigenvalue weighted by molar-refractivity contribution is -0.150. The van der Waals surface area contributed by atoms with Crippen LogP contribution in [0, 0.1) is 19.8 Å². The van der Waals surface area contributed by atoms with Crippen molar-refractivity contribution in [2.75, 3.05) is 32.8 Å². The van der Waals surface area contributed by atoms with Crippen molar-refractivity contribution in [3.8, 4) is 5.75 Å². The van der Waals surface area contributed by atoms with Crippen LogP contribution in [0.4, 0.5) is 0 Å². The van der Waals surface area contributed by atoms with Gasteiger partial charge in [0.05, 0.1) is 12.5 Å². The van der Waals surface area contributed by atoms with E-state index in [2.05, 4.69) is 4.90 Å². The molecule has 1 aliphatic heterocycles. The minimum Gasteiger partial charge on any atom is -0.491 e. The van der Waals surface area contributed by atoms with Gasteiger partial charge in [0.2, 0.25) is 0 Å². The maximum atomic E-state index is 11.9. The summed E-state index contributed by atoms with van der Waals surface area (Å²) < 4.78 is 10.9. The largest absolute Gasteiger partial charge is 0.491 e. The monoisotopic (exact) mass is 335 g/mol. The van der Waals surface area contributed by atoms with Crippen molar-refractivity contribution in [3.63, 3.8) is 0 Å². The second kappa shape index (κ2) is 9.04. The quantitative estimate of drug-likeness (QED) is 0.775. The number of hydrogen-bond acceptors (Lipinski definition) is 5. The molecule has 1 aromatic carbocycles. The summed E-state index contributed by atoms with van der Waals surface area (Å²) in [5.74, 6) is 0.617. The molecule has 5 nitrogen and oxygen atoms in total. The highest BCUT2D eigenvalue weighted by molar-refractivity contribution is 5.72. The molecule has 0 radical (unpaired) electrons. The minimum atomic E-state index is -0.578. The van der Waals surface area contributed by atoms with E-state index < -0.39 is 6.10 Å². The number of nitrogens with zero attached hydrogens (tertiary/aromatic N) is 1. The molecule has 1 fully saturated rings. The van der Waals surface area contributed by atoms with Gasteiger partial charge in [0.15, 0.2) is 0 Å². The van der Waals surface area contributed by atoms with Crippen LogP contribution in [0.2, 0.25) is 0 Å². The van der Waals surface area contributed by atoms with Gasteiger partial charge in [0.1, 0.15) is 18.5 Å². The fraction of sp³-hybridized carbons (Fsp3) is 0.632. The number of ether oxygens (including phenoxy) is 2. The summed E-state index contributed by atoms with van der Waals surface area (Å²) in [5.41, 5.74) is 2.28. The first-order valence-corrected chi connectivity index (χ1v) is 8.77. The number of aliphatic hydroxyl groups excluding tert-OH is 1. The fourth-order valence-electron chi connectivity index (χ4n) is 3.09. The number of rotatable bonds is 7. The van der Waals surface area contributed by atoms with Crippen molar-refractivity contribution in [1.82, 2.24) is 4.90 Å². The van der Waals surface area contributed by atoms with E-state index in [0.717, 1.165) is 30.7 Å². The van der Waals surface area contributed by atoms with Gasteiger partial charge in [-0.1, -0.05) is 12.1 Å². The lowest BCUT2D eigenvalue weighted by Gasteiger charge is -2.32. The third kappa shape index (κ3) is 5.21. The summed E-state index contributed by atoms with van der Waals surface area (Å²) in [4.78, 5) is 14.0. The number of likely N-dealkylation sites (tertiary alicyclic amines) is 1. The maximum Gasteiger partial charge on any atom is 0.310 e. The van der Waals surface area contributed by atoms with E-state index in [1.54, 1.807) is 0 Å². The van der Waals surface area contributed by atoms with Crippen LogP contribution in [0.1, 0.15) is 30.9 Å². The highest BCUT2D eigenvalue weighted by Gasteiger charge is 2.27. The summed E-state index contributed by atoms with van der Waals surface area (Å²) in [6, 6.07) is 5.92. The zero-order valence-electron chi connectivity index (χ0n) is 15.0. The molecular formula is C19H29NO4. The van der Waals surface area contributed by atoms with Crippen LogP contribution in [-0.2, 0) is 9.53 Å². The molecule has 134 valence electrons. The number of aryl methyl sites for hydroxylation is 1. The van der Waals surface area contributed by atoms with E-state index in [4.69, 9.17) is 9.47 Å². The van der Waals surface area contributed by atoms with Crippen LogP contribution in [0.15, 0.2) is 18.2 Å². The highest BCUT2D eigenvalue weighted by atomic mass is 16.5. The van der Waals surface area contributed by atoms with Gasteiger partial charge in [-0.2, -0.15) is 0 Å². The van der Waals surface area contributed by atoms with E-state index in [1.807, 2.05) is 39.0 Å². The van der Waals surface area contributed by atoms with E-state index in [1.165, 1.54) is 5.56 Å². The summed E-state index contributed by atoms with van der Waals surface area (Å²) in [7, 11) is 0. The molecule has 5 heteroatoms. The van der Waals surface area contributed by atoms with Crippen LogP contribution in [-0.4, -0.2) is 54.9 Å². The number of hydrogen-bond donors (Lipinski definition) is 1.